The van der Waals surface area contributed by atoms with E-state index in [1.54, 1.807) is 20.7 Å². The smallest absolute Gasteiger partial charge is 0.0860 e. The molecule has 0 aliphatic carbocycles. The van der Waals surface area contributed by atoms with Crippen molar-refractivity contribution < 1.29 is 0 Å². The maximum atomic E-state index is 2.89. The molecule has 7 aromatic rings. The third-order valence-electron chi connectivity index (χ3n) is 24.0. The molecule has 0 atom stereocenters. The molecule has 0 saturated heterocycles. The summed E-state index contributed by atoms with van der Waals surface area (Å²) in [6, 6.07) is 63.3. The molecule has 0 amide bonds. The van der Waals surface area contributed by atoms with Crippen molar-refractivity contribution in [1.29, 1.82) is 0 Å². The van der Waals surface area contributed by atoms with E-state index in [1.807, 2.05) is 0 Å². The molecule has 7 rings (SSSR count). The Bertz CT molecular complexity index is 3300. The molecular weight excluding hydrogens is 1210 g/mol. The van der Waals surface area contributed by atoms with Crippen LogP contribution in [-0.2, 0) is 21.7 Å². The first kappa shape index (κ1) is 75.3. The van der Waals surface area contributed by atoms with Crippen LogP contribution >= 0.6 is 0 Å². The van der Waals surface area contributed by atoms with Crippen LogP contribution in [0.3, 0.4) is 0 Å². The molecule has 502 valence electrons. The molecule has 0 spiro atoms. The molecule has 0 heterocycles. The standard InChI is InChI=1S/C84H132N2Si6/c1-31-89(32-2,33-3)71-53-67(54-72(57-71)90(34-4,35-5)36-6)85(65-49-61(81(13,14)15)47-62(50-65)82(16,17)18)79-75-45-43-70(88(28,29)30)60-78(75)80(76-46-44-69(59-77(76)79)87(25,26)27)86(66-51-63(83(19,20)21)48-64(52-66)84(22,23)24)68-55-73(91(37-7,38-8)39-9)58-74(56-68)92(40-10,41-11)42-12/h43-60H,31-42H2,1-30H3. The minimum Gasteiger partial charge on any atom is -0.309 e. The van der Waals surface area contributed by atoms with Gasteiger partial charge in [0, 0.05) is 44.3 Å². The van der Waals surface area contributed by atoms with Gasteiger partial charge >= 0.3 is 0 Å². The second-order valence-corrected chi connectivity index (χ2v) is 66.0. The SMILES string of the molecule is CC[Si](CC)(CC)c1cc(N(c2cc(C(C)(C)C)cc(C(C)(C)C)c2)c2c3ccc([Si](C)(C)C)cc3c(N(c3cc(C(C)(C)C)cc(C(C)(C)C)c3)c3cc([Si](CC)(CC)CC)cc([Si](CC)(CC)CC)c3)c3ccc([Si](C)(C)C)cc23)cc([Si](CC)(CC)CC)c1. The van der Waals surface area contributed by atoms with E-state index in [4.69, 9.17) is 0 Å². The van der Waals surface area contributed by atoms with E-state index in [1.165, 1.54) is 161 Å². The molecule has 0 unspecified atom stereocenters. The average molecular weight is 1340 g/mol. The third-order valence-corrected chi connectivity index (χ3v) is 50.4. The molecule has 92 heavy (non-hydrogen) atoms. The predicted octanol–water partition coefficient (Wildman–Crippen LogP) is 24.1. The van der Waals surface area contributed by atoms with Gasteiger partial charge in [-0.1, -0.05) is 370 Å². The van der Waals surface area contributed by atoms with Gasteiger partial charge in [0.1, 0.15) is 0 Å². The van der Waals surface area contributed by atoms with E-state index in [-0.39, 0.29) is 21.7 Å². The molecule has 0 aromatic heterocycles. The number of rotatable bonds is 24. The van der Waals surface area contributed by atoms with Gasteiger partial charge in [0.25, 0.3) is 0 Å². The van der Waals surface area contributed by atoms with Crippen molar-refractivity contribution in [2.24, 2.45) is 0 Å². The number of fused-ring (bicyclic) bond motifs is 2. The Hall–Kier alpha value is -4.04. The summed E-state index contributed by atoms with van der Waals surface area (Å²) in [6.07, 6.45) is 0. The van der Waals surface area contributed by atoms with E-state index in [2.05, 4.69) is 324 Å². The molecule has 0 fully saturated rings. The number of nitrogens with zero attached hydrogens (tertiary/aromatic N) is 2. The fourth-order valence-electron chi connectivity index (χ4n) is 15.8. The number of benzene rings is 7. The van der Waals surface area contributed by atoms with Crippen LogP contribution in [0.1, 0.15) is 188 Å². The van der Waals surface area contributed by atoms with Crippen molar-refractivity contribution in [2.75, 3.05) is 9.80 Å². The second-order valence-electron chi connectivity index (χ2n) is 34.8. The summed E-state index contributed by atoms with van der Waals surface area (Å²) in [5.74, 6) is 0. The van der Waals surface area contributed by atoms with Crippen LogP contribution in [-0.4, -0.2) is 48.4 Å². The van der Waals surface area contributed by atoms with Crippen LogP contribution in [0.2, 0.25) is 112 Å². The number of anilines is 6. The van der Waals surface area contributed by atoms with Crippen LogP contribution in [0.25, 0.3) is 21.5 Å². The first-order valence-corrected chi connectivity index (χ1v) is 54.5. The van der Waals surface area contributed by atoms with Crippen LogP contribution in [0.5, 0.6) is 0 Å². The topological polar surface area (TPSA) is 6.48 Å². The summed E-state index contributed by atoms with van der Waals surface area (Å²) in [7, 11) is -11.7. The normalized spacial score (nSPS) is 13.6. The predicted molar refractivity (Wildman–Crippen MR) is 439 cm³/mol. The van der Waals surface area contributed by atoms with Gasteiger partial charge in [-0.2, -0.15) is 0 Å². The highest BCUT2D eigenvalue weighted by molar-refractivity contribution is 6.96. The maximum Gasteiger partial charge on any atom is 0.0860 e. The van der Waals surface area contributed by atoms with Gasteiger partial charge < -0.3 is 9.80 Å². The van der Waals surface area contributed by atoms with E-state index in [9.17, 15) is 0 Å². The van der Waals surface area contributed by atoms with Gasteiger partial charge in [-0.05, 0) is 92.4 Å². The van der Waals surface area contributed by atoms with Crippen molar-refractivity contribution >= 4 is 135 Å². The highest BCUT2D eigenvalue weighted by Gasteiger charge is 2.40. The molecule has 0 aliphatic heterocycles. The molecule has 0 N–H and O–H groups in total. The Labute approximate surface area is 572 Å². The van der Waals surface area contributed by atoms with Crippen LogP contribution in [0.15, 0.2) is 109 Å². The summed E-state index contributed by atoms with van der Waals surface area (Å²) in [4.78, 5) is 5.78. The van der Waals surface area contributed by atoms with Gasteiger partial charge in [-0.15, -0.1) is 0 Å². The average Bonchev–Trinajstić information content (AvgIpc) is 0.711. The van der Waals surface area contributed by atoms with Gasteiger partial charge in [0.2, 0.25) is 0 Å². The molecule has 8 heteroatoms. The van der Waals surface area contributed by atoms with Gasteiger partial charge in [-0.3, -0.25) is 0 Å². The molecule has 0 bridgehead atoms. The van der Waals surface area contributed by atoms with E-state index in [0.717, 1.165) is 0 Å². The largest absolute Gasteiger partial charge is 0.309 e. The summed E-state index contributed by atoms with van der Waals surface area (Å²) in [5.41, 5.74) is 13.1. The Kier molecular flexibility index (Phi) is 22.8. The zero-order valence-corrected chi connectivity index (χ0v) is 70.8. The van der Waals surface area contributed by atoms with Crippen molar-refractivity contribution in [3.05, 3.63) is 131 Å². The van der Waals surface area contributed by atoms with Crippen molar-refractivity contribution in [3.8, 4) is 0 Å². The number of hydrogen-bond acceptors (Lipinski definition) is 2. The molecule has 0 aliphatic rings. The Morgan fingerprint density at radius 3 is 0.630 bits per heavy atom. The lowest BCUT2D eigenvalue weighted by Crippen LogP contribution is -2.52. The monoisotopic (exact) mass is 1340 g/mol. The van der Waals surface area contributed by atoms with Crippen LogP contribution in [0.4, 0.5) is 34.1 Å². The Morgan fingerprint density at radius 1 is 0.239 bits per heavy atom. The minimum atomic E-state index is -1.96. The zero-order valence-electron chi connectivity index (χ0n) is 64.8. The quantitative estimate of drug-likeness (QED) is 0.0338. The van der Waals surface area contributed by atoms with Gasteiger partial charge in [-0.25, -0.2) is 0 Å². The fourth-order valence-corrected chi connectivity index (χ4v) is 33.0. The fraction of sp³-hybridized carbons (Fsp3) is 0.548. The molecule has 7 aromatic carbocycles. The minimum absolute atomic E-state index is 0.0910. The molecule has 0 radical (unpaired) electrons. The third kappa shape index (κ3) is 14.6. The highest BCUT2D eigenvalue weighted by atomic mass is 28.3. The summed E-state index contributed by atoms with van der Waals surface area (Å²) in [5, 5.41) is 15.1. The van der Waals surface area contributed by atoms with Crippen LogP contribution < -0.4 is 40.9 Å². The van der Waals surface area contributed by atoms with Crippen LogP contribution in [0, 0.1) is 0 Å². The van der Waals surface area contributed by atoms with Crippen molar-refractivity contribution in [2.45, 2.75) is 300 Å². The second kappa shape index (κ2) is 27.8. The summed E-state index contributed by atoms with van der Waals surface area (Å²) < 4.78 is 0. The van der Waals surface area contributed by atoms with E-state index >= 15 is 0 Å². The first-order chi connectivity index (χ1) is 42.7. The Balaban J connectivity index is 1.96. The molecule has 2 nitrogen and oxygen atoms in total. The van der Waals surface area contributed by atoms with Gasteiger partial charge in [0.15, 0.2) is 0 Å². The van der Waals surface area contributed by atoms with Gasteiger partial charge in [0.05, 0.1) is 59.8 Å². The number of hydrogen-bond donors (Lipinski definition) is 0. The zero-order chi connectivity index (χ0) is 68.9. The summed E-state index contributed by atoms with van der Waals surface area (Å²) in [6.45, 7) is 75.0. The molecule has 0 saturated carbocycles. The maximum absolute atomic E-state index is 2.89. The summed E-state index contributed by atoms with van der Waals surface area (Å²) >= 11 is 0. The first-order valence-electron chi connectivity index (χ1n) is 37.0. The lowest BCUT2D eigenvalue weighted by Gasteiger charge is -2.39. The Morgan fingerprint density at radius 2 is 0.446 bits per heavy atom. The lowest BCUT2D eigenvalue weighted by molar-refractivity contribution is 0.568. The van der Waals surface area contributed by atoms with E-state index < -0.39 is 48.4 Å². The van der Waals surface area contributed by atoms with Crippen molar-refractivity contribution in [1.82, 2.24) is 0 Å². The lowest BCUT2D eigenvalue weighted by atomic mass is 9.80. The van der Waals surface area contributed by atoms with Crippen molar-refractivity contribution in [3.63, 3.8) is 0 Å². The molecular formula is C84H132N2Si6. The highest BCUT2D eigenvalue weighted by Crippen LogP contribution is 2.53. The van der Waals surface area contributed by atoms with E-state index in [0.29, 0.717) is 0 Å².